The number of rotatable bonds is 5. The summed E-state index contributed by atoms with van der Waals surface area (Å²) in [7, 11) is 1.76. The fraction of sp³-hybridized carbons (Fsp3) is 0.417. The third-order valence-corrected chi connectivity index (χ3v) is 2.19. The van der Waals surface area contributed by atoms with Crippen LogP contribution in [-0.4, -0.2) is 26.4 Å². The van der Waals surface area contributed by atoms with Crippen LogP contribution in [0, 0.1) is 5.92 Å². The normalized spacial score (nSPS) is 10.7. The Bertz CT molecular complexity index is 553. The lowest BCUT2D eigenvalue weighted by Crippen LogP contribution is -2.08. The highest BCUT2D eigenvalue weighted by Gasteiger charge is 2.09. The maximum absolute atomic E-state index is 5.79. The van der Waals surface area contributed by atoms with Crippen molar-refractivity contribution in [2.75, 3.05) is 12.3 Å². The largest absolute Gasteiger partial charge is 0.476 e. The minimum atomic E-state index is 0.231. The molecule has 2 aromatic heterocycles. The van der Waals surface area contributed by atoms with Crippen LogP contribution in [-0.2, 0) is 7.05 Å². The molecule has 7 nitrogen and oxygen atoms in total. The van der Waals surface area contributed by atoms with E-state index in [9.17, 15) is 0 Å². The van der Waals surface area contributed by atoms with Gasteiger partial charge in [-0.3, -0.25) is 4.68 Å². The van der Waals surface area contributed by atoms with Gasteiger partial charge in [0.1, 0.15) is 6.33 Å². The molecule has 2 rings (SSSR count). The number of nitrogen functional groups attached to an aromatic ring is 1. The van der Waals surface area contributed by atoms with Crippen molar-refractivity contribution in [1.29, 1.82) is 0 Å². The van der Waals surface area contributed by atoms with Crippen molar-refractivity contribution in [1.82, 2.24) is 19.7 Å². The Morgan fingerprint density at radius 2 is 2.16 bits per heavy atom. The van der Waals surface area contributed by atoms with E-state index in [-0.39, 0.29) is 6.01 Å². The quantitative estimate of drug-likeness (QED) is 0.881. The summed E-state index contributed by atoms with van der Waals surface area (Å²) in [4.78, 5) is 8.15. The summed E-state index contributed by atoms with van der Waals surface area (Å²) in [6.45, 7) is 4.64. The number of aromatic nitrogens is 4. The number of pyridine rings is 1. The first-order chi connectivity index (χ1) is 9.04. The first kappa shape index (κ1) is 13.1. The summed E-state index contributed by atoms with van der Waals surface area (Å²) < 4.78 is 12.5. The Hall–Kier alpha value is -2.31. The molecule has 0 saturated heterocycles. The van der Waals surface area contributed by atoms with Crippen LogP contribution in [0.25, 0.3) is 0 Å². The van der Waals surface area contributed by atoms with E-state index >= 15 is 0 Å². The molecule has 7 heteroatoms. The van der Waals surface area contributed by atoms with Crippen molar-refractivity contribution in [3.63, 3.8) is 0 Å². The zero-order valence-corrected chi connectivity index (χ0v) is 11.2. The smallest absolute Gasteiger partial charge is 0.342 e. The van der Waals surface area contributed by atoms with Gasteiger partial charge in [0.2, 0.25) is 11.8 Å². The second-order valence-electron chi connectivity index (χ2n) is 4.55. The molecule has 0 amide bonds. The van der Waals surface area contributed by atoms with Crippen LogP contribution in [0.3, 0.4) is 0 Å². The first-order valence-electron chi connectivity index (χ1n) is 5.97. The highest BCUT2D eigenvalue weighted by Crippen LogP contribution is 2.24. The second-order valence-corrected chi connectivity index (χ2v) is 4.55. The molecular formula is C12H17N5O2. The van der Waals surface area contributed by atoms with E-state index in [0.29, 0.717) is 30.0 Å². The van der Waals surface area contributed by atoms with Crippen molar-refractivity contribution in [3.8, 4) is 17.8 Å². The van der Waals surface area contributed by atoms with Crippen molar-refractivity contribution in [2.45, 2.75) is 13.8 Å². The molecule has 0 atom stereocenters. The standard InChI is InChI=1S/C12H17N5O2/c1-8(2)6-18-11-9(13)4-5-10(15-11)19-12-14-7-17(3)16-12/h4-5,7-8H,6,13H2,1-3H3. The maximum atomic E-state index is 5.79. The number of ether oxygens (including phenoxy) is 2. The van der Waals surface area contributed by atoms with Crippen molar-refractivity contribution in [2.24, 2.45) is 13.0 Å². The van der Waals surface area contributed by atoms with Gasteiger partial charge in [-0.2, -0.15) is 9.97 Å². The van der Waals surface area contributed by atoms with E-state index in [1.165, 1.54) is 0 Å². The van der Waals surface area contributed by atoms with Gasteiger partial charge in [0.05, 0.1) is 12.3 Å². The zero-order chi connectivity index (χ0) is 13.8. The number of hydrogen-bond acceptors (Lipinski definition) is 6. The Labute approximate surface area is 111 Å². The van der Waals surface area contributed by atoms with Crippen LogP contribution in [0.5, 0.6) is 17.8 Å². The van der Waals surface area contributed by atoms with Gasteiger partial charge in [0, 0.05) is 13.1 Å². The van der Waals surface area contributed by atoms with E-state index in [1.54, 1.807) is 30.2 Å². The highest BCUT2D eigenvalue weighted by molar-refractivity contribution is 5.49. The molecule has 0 bridgehead atoms. The Morgan fingerprint density at radius 1 is 1.37 bits per heavy atom. The molecule has 2 aromatic rings. The molecule has 0 unspecified atom stereocenters. The summed E-state index contributed by atoms with van der Waals surface area (Å²) in [5.74, 6) is 1.10. The molecule has 0 saturated carbocycles. The lowest BCUT2D eigenvalue weighted by atomic mass is 10.2. The topological polar surface area (TPSA) is 88.1 Å². The van der Waals surface area contributed by atoms with Crippen molar-refractivity contribution >= 4 is 5.69 Å². The Balaban J connectivity index is 2.11. The molecule has 0 aromatic carbocycles. The van der Waals surface area contributed by atoms with Crippen molar-refractivity contribution in [3.05, 3.63) is 18.5 Å². The monoisotopic (exact) mass is 263 g/mol. The van der Waals surface area contributed by atoms with E-state index in [2.05, 4.69) is 15.1 Å². The third kappa shape index (κ3) is 3.57. The minimum Gasteiger partial charge on any atom is -0.476 e. The summed E-state index contributed by atoms with van der Waals surface area (Å²) in [6, 6.07) is 3.56. The Morgan fingerprint density at radius 3 is 2.79 bits per heavy atom. The maximum Gasteiger partial charge on any atom is 0.342 e. The lowest BCUT2D eigenvalue weighted by Gasteiger charge is -2.10. The van der Waals surface area contributed by atoms with E-state index in [4.69, 9.17) is 15.2 Å². The van der Waals surface area contributed by atoms with Gasteiger partial charge in [-0.15, -0.1) is 5.10 Å². The van der Waals surface area contributed by atoms with Crippen LogP contribution in [0.4, 0.5) is 5.69 Å². The molecular weight excluding hydrogens is 246 g/mol. The predicted molar refractivity (Wildman–Crippen MR) is 70.1 cm³/mol. The van der Waals surface area contributed by atoms with E-state index in [0.717, 1.165) is 0 Å². The average molecular weight is 263 g/mol. The second kappa shape index (κ2) is 5.55. The third-order valence-electron chi connectivity index (χ3n) is 2.19. The van der Waals surface area contributed by atoms with Gasteiger partial charge in [0.25, 0.3) is 0 Å². The summed E-state index contributed by atoms with van der Waals surface area (Å²) in [5, 5.41) is 4.00. The van der Waals surface area contributed by atoms with Gasteiger partial charge >= 0.3 is 6.01 Å². The summed E-state index contributed by atoms with van der Waals surface area (Å²) >= 11 is 0. The van der Waals surface area contributed by atoms with Crippen LogP contribution >= 0.6 is 0 Å². The summed E-state index contributed by atoms with van der Waals surface area (Å²) in [6.07, 6.45) is 1.54. The van der Waals surface area contributed by atoms with Crippen LogP contribution in [0.2, 0.25) is 0 Å². The fourth-order valence-corrected chi connectivity index (χ4v) is 1.31. The molecule has 2 heterocycles. The van der Waals surface area contributed by atoms with Crippen molar-refractivity contribution < 1.29 is 9.47 Å². The minimum absolute atomic E-state index is 0.231. The number of hydrogen-bond donors (Lipinski definition) is 1. The molecule has 0 aliphatic rings. The average Bonchev–Trinajstić information content (AvgIpc) is 2.75. The van der Waals surface area contributed by atoms with Crippen LogP contribution < -0.4 is 15.2 Å². The lowest BCUT2D eigenvalue weighted by molar-refractivity contribution is 0.259. The molecule has 0 radical (unpaired) electrons. The van der Waals surface area contributed by atoms with Gasteiger partial charge in [-0.1, -0.05) is 13.8 Å². The fourth-order valence-electron chi connectivity index (χ4n) is 1.31. The van der Waals surface area contributed by atoms with E-state index in [1.807, 2.05) is 13.8 Å². The first-order valence-corrected chi connectivity index (χ1v) is 5.97. The molecule has 0 spiro atoms. The molecule has 0 aliphatic heterocycles. The Kier molecular flexibility index (Phi) is 3.84. The van der Waals surface area contributed by atoms with Gasteiger partial charge in [0.15, 0.2) is 0 Å². The SMILES string of the molecule is CC(C)COc1nc(Oc2ncn(C)n2)ccc1N. The zero-order valence-electron chi connectivity index (χ0n) is 11.2. The number of nitrogens with zero attached hydrogens (tertiary/aromatic N) is 4. The molecule has 2 N–H and O–H groups in total. The summed E-state index contributed by atoms with van der Waals surface area (Å²) in [5.41, 5.74) is 6.27. The van der Waals surface area contributed by atoms with Gasteiger partial charge < -0.3 is 15.2 Å². The molecule has 0 fully saturated rings. The van der Waals surface area contributed by atoms with Crippen LogP contribution in [0.1, 0.15) is 13.8 Å². The van der Waals surface area contributed by atoms with Crippen LogP contribution in [0.15, 0.2) is 18.5 Å². The molecule has 102 valence electrons. The predicted octanol–water partition coefficient (Wildman–Crippen LogP) is 1.62. The van der Waals surface area contributed by atoms with Gasteiger partial charge in [-0.05, 0) is 12.0 Å². The molecule has 19 heavy (non-hydrogen) atoms. The van der Waals surface area contributed by atoms with E-state index < -0.39 is 0 Å². The number of aryl methyl sites for hydroxylation is 1. The number of nitrogens with two attached hydrogens (primary N) is 1. The van der Waals surface area contributed by atoms with Gasteiger partial charge in [-0.25, -0.2) is 0 Å². The number of anilines is 1. The molecule has 0 aliphatic carbocycles. The highest BCUT2D eigenvalue weighted by atomic mass is 16.5.